The minimum absolute atomic E-state index is 0.0108. The summed E-state index contributed by atoms with van der Waals surface area (Å²) in [5.74, 6) is 0.0108. The van der Waals surface area contributed by atoms with E-state index in [9.17, 15) is 4.79 Å². The highest BCUT2D eigenvalue weighted by molar-refractivity contribution is 9.10. The second kappa shape index (κ2) is 6.41. The number of benzene rings is 2. The highest BCUT2D eigenvalue weighted by atomic mass is 79.9. The molecule has 2 N–H and O–H groups in total. The minimum atomic E-state index is 0.0108. The molecule has 2 aromatic carbocycles. The van der Waals surface area contributed by atoms with Gasteiger partial charge in [-0.25, -0.2) is 0 Å². The van der Waals surface area contributed by atoms with E-state index in [2.05, 4.69) is 32.6 Å². The quantitative estimate of drug-likeness (QED) is 0.898. The lowest BCUT2D eigenvalue weighted by Crippen LogP contribution is -2.29. The summed E-state index contributed by atoms with van der Waals surface area (Å²) in [5, 5.41) is 6.34. The third-order valence-electron chi connectivity index (χ3n) is 3.75. The maximum atomic E-state index is 12.4. The molecule has 0 saturated heterocycles. The zero-order valence-electron chi connectivity index (χ0n) is 11.7. The van der Waals surface area contributed by atoms with Gasteiger partial charge in [0.15, 0.2) is 0 Å². The van der Waals surface area contributed by atoms with Crippen molar-refractivity contribution in [2.45, 2.75) is 19.5 Å². The molecule has 108 valence electrons. The lowest BCUT2D eigenvalue weighted by Gasteiger charge is -2.20. The molecular weight excluding hydrogens is 328 g/mol. The molecule has 0 fully saturated rings. The molecule has 3 nitrogen and oxygen atoms in total. The molecule has 1 amide bonds. The van der Waals surface area contributed by atoms with E-state index in [1.165, 1.54) is 11.1 Å². The fourth-order valence-corrected chi connectivity index (χ4v) is 2.89. The highest BCUT2D eigenvalue weighted by Crippen LogP contribution is 2.19. The topological polar surface area (TPSA) is 41.1 Å². The summed E-state index contributed by atoms with van der Waals surface area (Å²) in [6.45, 7) is 2.33. The monoisotopic (exact) mass is 344 g/mol. The summed E-state index contributed by atoms with van der Waals surface area (Å²) < 4.78 is 1.04. The van der Waals surface area contributed by atoms with Crippen molar-refractivity contribution < 1.29 is 4.79 Å². The molecule has 0 aliphatic carbocycles. The first kappa shape index (κ1) is 14.3. The van der Waals surface area contributed by atoms with Gasteiger partial charge in [-0.05, 0) is 47.9 Å². The van der Waals surface area contributed by atoms with Crippen LogP contribution in [-0.4, -0.2) is 12.5 Å². The molecule has 3 rings (SSSR count). The minimum Gasteiger partial charge on any atom is -0.348 e. The van der Waals surface area contributed by atoms with Crippen molar-refractivity contribution in [1.82, 2.24) is 10.6 Å². The fourth-order valence-electron chi connectivity index (χ4n) is 2.62. The fraction of sp³-hybridized carbons (Fsp3) is 0.235. The summed E-state index contributed by atoms with van der Waals surface area (Å²) in [5.41, 5.74) is 4.33. The number of rotatable bonds is 3. The number of hydrogen-bond donors (Lipinski definition) is 2. The summed E-state index contributed by atoms with van der Waals surface area (Å²) in [6.07, 6.45) is 0.914. The van der Waals surface area contributed by atoms with Gasteiger partial charge in [-0.2, -0.15) is 0 Å². The van der Waals surface area contributed by atoms with Crippen LogP contribution < -0.4 is 10.6 Å². The summed E-state index contributed by atoms with van der Waals surface area (Å²) >= 11 is 3.41. The van der Waals surface area contributed by atoms with Gasteiger partial charge in [0.25, 0.3) is 5.91 Å². The first-order valence-electron chi connectivity index (χ1n) is 7.08. The van der Waals surface area contributed by atoms with Crippen molar-refractivity contribution in [3.05, 3.63) is 69.2 Å². The molecule has 0 atom stereocenters. The second-order valence-electron chi connectivity index (χ2n) is 5.18. The Hall–Kier alpha value is -1.65. The molecule has 1 aliphatic heterocycles. The third-order valence-corrected chi connectivity index (χ3v) is 4.28. The Kier molecular flexibility index (Phi) is 4.36. The smallest absolute Gasteiger partial charge is 0.251 e. The van der Waals surface area contributed by atoms with Gasteiger partial charge in [0.1, 0.15) is 0 Å². The Morgan fingerprint density at radius 1 is 1.19 bits per heavy atom. The van der Waals surface area contributed by atoms with E-state index in [1.54, 1.807) is 0 Å². The molecule has 0 aromatic heterocycles. The van der Waals surface area contributed by atoms with Gasteiger partial charge in [-0.15, -0.1) is 0 Å². The van der Waals surface area contributed by atoms with E-state index in [-0.39, 0.29) is 5.91 Å². The number of halogens is 1. The van der Waals surface area contributed by atoms with Crippen molar-refractivity contribution in [3.8, 4) is 0 Å². The molecule has 2 aromatic rings. The van der Waals surface area contributed by atoms with Gasteiger partial charge < -0.3 is 10.6 Å². The standard InChI is InChI=1S/C17H17BrN2O/c18-14-6-4-12(5-7-14)10-20-17(21)16-3-1-2-13-11-19-9-8-15(13)16/h1-7,19H,8-11H2,(H,20,21). The normalized spacial score (nSPS) is 13.6. The number of amides is 1. The zero-order chi connectivity index (χ0) is 14.7. The van der Waals surface area contributed by atoms with Gasteiger partial charge >= 0.3 is 0 Å². The molecule has 1 heterocycles. The van der Waals surface area contributed by atoms with Crippen LogP contribution >= 0.6 is 15.9 Å². The zero-order valence-corrected chi connectivity index (χ0v) is 13.2. The van der Waals surface area contributed by atoms with E-state index >= 15 is 0 Å². The molecule has 0 unspecified atom stereocenters. The van der Waals surface area contributed by atoms with Crippen LogP contribution in [0.1, 0.15) is 27.0 Å². The van der Waals surface area contributed by atoms with Crippen LogP contribution in [0, 0.1) is 0 Å². The highest BCUT2D eigenvalue weighted by Gasteiger charge is 2.16. The summed E-state index contributed by atoms with van der Waals surface area (Å²) in [4.78, 5) is 12.4. The Morgan fingerprint density at radius 2 is 2.00 bits per heavy atom. The molecule has 4 heteroatoms. The van der Waals surface area contributed by atoms with Crippen molar-refractivity contribution in [1.29, 1.82) is 0 Å². The Balaban J connectivity index is 1.72. The number of carbonyl (C=O) groups is 1. The lowest BCUT2D eigenvalue weighted by atomic mass is 9.95. The third kappa shape index (κ3) is 3.34. The van der Waals surface area contributed by atoms with Gasteiger partial charge in [-0.1, -0.05) is 40.2 Å². The van der Waals surface area contributed by atoms with Gasteiger partial charge in [-0.3, -0.25) is 4.79 Å². The van der Waals surface area contributed by atoms with Crippen molar-refractivity contribution in [2.75, 3.05) is 6.54 Å². The second-order valence-corrected chi connectivity index (χ2v) is 6.09. The Morgan fingerprint density at radius 3 is 2.81 bits per heavy atom. The van der Waals surface area contributed by atoms with Gasteiger partial charge in [0, 0.05) is 23.1 Å². The van der Waals surface area contributed by atoms with Crippen molar-refractivity contribution in [2.24, 2.45) is 0 Å². The first-order chi connectivity index (χ1) is 10.2. The van der Waals surface area contributed by atoms with Crippen LogP contribution in [0.25, 0.3) is 0 Å². The predicted molar refractivity (Wildman–Crippen MR) is 87.2 cm³/mol. The van der Waals surface area contributed by atoms with Crippen LogP contribution in [0.5, 0.6) is 0 Å². The van der Waals surface area contributed by atoms with Crippen LogP contribution in [0.2, 0.25) is 0 Å². The van der Waals surface area contributed by atoms with Crippen molar-refractivity contribution in [3.63, 3.8) is 0 Å². The number of carbonyl (C=O) groups excluding carboxylic acids is 1. The molecule has 1 aliphatic rings. The Bertz CT molecular complexity index is 652. The molecule has 0 spiro atoms. The van der Waals surface area contributed by atoms with Gasteiger partial charge in [0.2, 0.25) is 0 Å². The van der Waals surface area contributed by atoms with E-state index in [1.807, 2.05) is 36.4 Å². The molecule has 0 saturated carbocycles. The summed E-state index contributed by atoms with van der Waals surface area (Å²) in [7, 11) is 0. The predicted octanol–water partition coefficient (Wildman–Crippen LogP) is 3.02. The SMILES string of the molecule is O=C(NCc1ccc(Br)cc1)c1cccc2c1CCNC2. The first-order valence-corrected chi connectivity index (χ1v) is 7.87. The van der Waals surface area contributed by atoms with Crippen LogP contribution in [0.3, 0.4) is 0 Å². The van der Waals surface area contributed by atoms with E-state index in [0.29, 0.717) is 6.54 Å². The average molecular weight is 345 g/mol. The van der Waals surface area contributed by atoms with E-state index < -0.39 is 0 Å². The molecule has 21 heavy (non-hydrogen) atoms. The lowest BCUT2D eigenvalue weighted by molar-refractivity contribution is 0.0949. The van der Waals surface area contributed by atoms with Crippen molar-refractivity contribution >= 4 is 21.8 Å². The van der Waals surface area contributed by atoms with Gasteiger partial charge in [0.05, 0.1) is 0 Å². The maximum absolute atomic E-state index is 12.4. The number of nitrogens with one attached hydrogen (secondary N) is 2. The average Bonchev–Trinajstić information content (AvgIpc) is 2.53. The van der Waals surface area contributed by atoms with Crippen LogP contribution in [0.15, 0.2) is 46.9 Å². The van der Waals surface area contributed by atoms with Crippen LogP contribution in [-0.2, 0) is 19.5 Å². The van der Waals surface area contributed by atoms with E-state index in [4.69, 9.17) is 0 Å². The molecular formula is C17H17BrN2O. The summed E-state index contributed by atoms with van der Waals surface area (Å²) in [6, 6.07) is 14.0. The maximum Gasteiger partial charge on any atom is 0.251 e. The van der Waals surface area contributed by atoms with E-state index in [0.717, 1.165) is 35.1 Å². The molecule has 0 radical (unpaired) electrons. The number of fused-ring (bicyclic) bond motifs is 1. The Labute approximate surface area is 132 Å². The number of hydrogen-bond acceptors (Lipinski definition) is 2. The largest absolute Gasteiger partial charge is 0.348 e. The molecule has 0 bridgehead atoms. The van der Waals surface area contributed by atoms with Crippen LogP contribution in [0.4, 0.5) is 0 Å².